The van der Waals surface area contributed by atoms with Crippen LogP contribution in [0, 0.1) is 5.82 Å². The Morgan fingerprint density at radius 3 is 2.42 bits per heavy atom. The molecule has 2 heterocycles. The monoisotopic (exact) mass is 415 g/mol. The second-order valence-corrected chi connectivity index (χ2v) is 7.19. The zero-order chi connectivity index (χ0) is 21.8. The maximum Gasteiger partial charge on any atom is 0.247 e. The van der Waals surface area contributed by atoms with Crippen molar-refractivity contribution in [1.29, 1.82) is 0 Å². The van der Waals surface area contributed by atoms with E-state index in [-0.39, 0.29) is 11.6 Å². The van der Waals surface area contributed by atoms with Gasteiger partial charge < -0.3 is 10.6 Å². The molecule has 0 saturated carbocycles. The third-order valence-corrected chi connectivity index (χ3v) is 4.97. The van der Waals surface area contributed by atoms with E-state index in [2.05, 4.69) is 20.7 Å². The van der Waals surface area contributed by atoms with E-state index in [4.69, 9.17) is 0 Å². The summed E-state index contributed by atoms with van der Waals surface area (Å²) in [6.45, 7) is 1.67. The van der Waals surface area contributed by atoms with E-state index >= 15 is 0 Å². The van der Waals surface area contributed by atoms with Crippen LogP contribution in [-0.4, -0.2) is 26.7 Å². The van der Waals surface area contributed by atoms with E-state index in [0.717, 1.165) is 16.8 Å². The van der Waals surface area contributed by atoms with Crippen LogP contribution in [0.5, 0.6) is 0 Å². The molecule has 0 aliphatic heterocycles. The van der Waals surface area contributed by atoms with Crippen molar-refractivity contribution in [2.24, 2.45) is 7.05 Å². The van der Waals surface area contributed by atoms with E-state index < -0.39 is 11.9 Å². The molecule has 31 heavy (non-hydrogen) atoms. The average Bonchev–Trinajstić information content (AvgIpc) is 3.22. The zero-order valence-corrected chi connectivity index (χ0v) is 17.2. The number of aryl methyl sites for hydroxylation is 1. The van der Waals surface area contributed by atoms with Gasteiger partial charge in [-0.25, -0.2) is 9.37 Å². The lowest BCUT2D eigenvalue weighted by Gasteiger charge is -2.16. The van der Waals surface area contributed by atoms with Crippen LogP contribution >= 0.6 is 0 Å². The van der Waals surface area contributed by atoms with Crippen LogP contribution in [0.3, 0.4) is 0 Å². The summed E-state index contributed by atoms with van der Waals surface area (Å²) in [6, 6.07) is 19.5. The maximum absolute atomic E-state index is 14.6. The SMILES string of the molecule is CC(Nc1ccc(-c2ccnn2C)cc1F)C(=O)Nc1ccc(-c2ccccc2)cn1. The number of benzene rings is 2. The summed E-state index contributed by atoms with van der Waals surface area (Å²) in [4.78, 5) is 16.8. The van der Waals surface area contributed by atoms with Crippen LogP contribution in [0.15, 0.2) is 79.1 Å². The van der Waals surface area contributed by atoms with Gasteiger partial charge in [0.15, 0.2) is 0 Å². The quantitative estimate of drug-likeness (QED) is 0.478. The third-order valence-electron chi connectivity index (χ3n) is 4.97. The van der Waals surface area contributed by atoms with Crippen LogP contribution in [0.4, 0.5) is 15.9 Å². The third kappa shape index (κ3) is 4.61. The van der Waals surface area contributed by atoms with Gasteiger partial charge in [0.2, 0.25) is 5.91 Å². The average molecular weight is 415 g/mol. The summed E-state index contributed by atoms with van der Waals surface area (Å²) >= 11 is 0. The fourth-order valence-electron chi connectivity index (χ4n) is 3.25. The number of halogens is 1. The van der Waals surface area contributed by atoms with Crippen molar-refractivity contribution in [3.8, 4) is 22.4 Å². The van der Waals surface area contributed by atoms with Crippen LogP contribution in [0.2, 0.25) is 0 Å². The van der Waals surface area contributed by atoms with E-state index in [1.54, 1.807) is 49.2 Å². The van der Waals surface area contributed by atoms with E-state index in [1.165, 1.54) is 6.07 Å². The molecule has 4 rings (SSSR count). The van der Waals surface area contributed by atoms with Crippen molar-refractivity contribution in [1.82, 2.24) is 14.8 Å². The molecule has 1 atom stereocenters. The first kappa shape index (κ1) is 20.3. The standard InChI is InChI=1S/C24H22FN5O/c1-16(28-21-10-8-18(14-20(21)25)22-12-13-27-30(22)2)24(31)29-23-11-9-19(15-26-23)17-6-4-3-5-7-17/h3-16,28H,1-2H3,(H,26,29,31). The predicted molar refractivity (Wildman–Crippen MR) is 120 cm³/mol. The molecule has 1 amide bonds. The molecule has 2 aromatic carbocycles. The summed E-state index contributed by atoms with van der Waals surface area (Å²) in [5.74, 6) is -0.316. The summed E-state index contributed by atoms with van der Waals surface area (Å²) < 4.78 is 16.3. The molecule has 0 bridgehead atoms. The molecular weight excluding hydrogens is 393 g/mol. The predicted octanol–water partition coefficient (Wildman–Crippen LogP) is 4.73. The van der Waals surface area contributed by atoms with Crippen molar-refractivity contribution < 1.29 is 9.18 Å². The smallest absolute Gasteiger partial charge is 0.247 e. The molecular formula is C24H22FN5O. The number of nitrogens with zero attached hydrogens (tertiary/aromatic N) is 3. The molecule has 4 aromatic rings. The Morgan fingerprint density at radius 1 is 1.00 bits per heavy atom. The summed E-state index contributed by atoms with van der Waals surface area (Å²) in [5.41, 5.74) is 3.78. The minimum absolute atomic E-state index is 0.251. The largest absolute Gasteiger partial charge is 0.372 e. The Morgan fingerprint density at radius 2 is 1.77 bits per heavy atom. The summed E-state index contributed by atoms with van der Waals surface area (Å²) in [5, 5.41) is 9.77. The number of carbonyl (C=O) groups excluding carboxylic acids is 1. The van der Waals surface area contributed by atoms with Crippen LogP contribution in [0.1, 0.15) is 6.92 Å². The van der Waals surface area contributed by atoms with Gasteiger partial charge in [-0.05, 0) is 42.8 Å². The van der Waals surface area contributed by atoms with Gasteiger partial charge in [-0.3, -0.25) is 9.48 Å². The molecule has 1 unspecified atom stereocenters. The second kappa shape index (κ2) is 8.79. The van der Waals surface area contributed by atoms with Gasteiger partial charge >= 0.3 is 0 Å². The molecule has 156 valence electrons. The molecule has 0 radical (unpaired) electrons. The number of amides is 1. The van der Waals surface area contributed by atoms with Gasteiger partial charge in [-0.1, -0.05) is 36.4 Å². The molecule has 0 fully saturated rings. The number of hydrogen-bond donors (Lipinski definition) is 2. The fraction of sp³-hybridized carbons (Fsp3) is 0.125. The Balaban J connectivity index is 1.40. The molecule has 0 aliphatic rings. The molecule has 0 spiro atoms. The van der Waals surface area contributed by atoms with Gasteiger partial charge in [0.05, 0.1) is 11.4 Å². The fourth-order valence-corrected chi connectivity index (χ4v) is 3.25. The Kier molecular flexibility index (Phi) is 5.75. The number of anilines is 2. The van der Waals surface area contributed by atoms with Crippen molar-refractivity contribution in [3.63, 3.8) is 0 Å². The topological polar surface area (TPSA) is 71.8 Å². The number of nitrogens with one attached hydrogen (secondary N) is 2. The lowest BCUT2D eigenvalue weighted by atomic mass is 10.1. The van der Waals surface area contributed by atoms with Gasteiger partial charge in [-0.2, -0.15) is 5.10 Å². The van der Waals surface area contributed by atoms with E-state index in [1.807, 2.05) is 42.5 Å². The number of carbonyl (C=O) groups is 1. The Labute approximate surface area is 179 Å². The van der Waals surface area contributed by atoms with E-state index in [0.29, 0.717) is 11.4 Å². The van der Waals surface area contributed by atoms with Gasteiger partial charge in [0.25, 0.3) is 0 Å². The Bertz CT molecular complexity index is 1190. The molecule has 6 nitrogen and oxygen atoms in total. The first-order valence-electron chi connectivity index (χ1n) is 9.88. The number of hydrogen-bond acceptors (Lipinski definition) is 4. The van der Waals surface area contributed by atoms with Crippen molar-refractivity contribution >= 4 is 17.4 Å². The van der Waals surface area contributed by atoms with Gasteiger partial charge in [-0.15, -0.1) is 0 Å². The highest BCUT2D eigenvalue weighted by atomic mass is 19.1. The number of pyridine rings is 1. The number of aromatic nitrogens is 3. The molecule has 2 N–H and O–H groups in total. The van der Waals surface area contributed by atoms with Gasteiger partial charge in [0.1, 0.15) is 17.7 Å². The van der Waals surface area contributed by atoms with Crippen LogP contribution < -0.4 is 10.6 Å². The van der Waals surface area contributed by atoms with Gasteiger partial charge in [0, 0.05) is 30.6 Å². The summed E-state index contributed by atoms with van der Waals surface area (Å²) in [6.07, 6.45) is 3.37. The molecule has 2 aromatic heterocycles. The van der Waals surface area contributed by atoms with Crippen LogP contribution in [-0.2, 0) is 11.8 Å². The molecule has 0 aliphatic carbocycles. The second-order valence-electron chi connectivity index (χ2n) is 7.19. The van der Waals surface area contributed by atoms with Crippen LogP contribution in [0.25, 0.3) is 22.4 Å². The number of rotatable bonds is 6. The lowest BCUT2D eigenvalue weighted by Crippen LogP contribution is -2.32. The van der Waals surface area contributed by atoms with E-state index in [9.17, 15) is 9.18 Å². The van der Waals surface area contributed by atoms with Crippen molar-refractivity contribution in [3.05, 3.63) is 84.9 Å². The first-order valence-corrected chi connectivity index (χ1v) is 9.88. The first-order chi connectivity index (χ1) is 15.0. The minimum Gasteiger partial charge on any atom is -0.372 e. The molecule has 0 saturated heterocycles. The normalized spacial score (nSPS) is 11.7. The summed E-state index contributed by atoms with van der Waals surface area (Å²) in [7, 11) is 1.80. The highest BCUT2D eigenvalue weighted by Crippen LogP contribution is 2.24. The van der Waals surface area contributed by atoms with Crippen molar-refractivity contribution in [2.75, 3.05) is 10.6 Å². The van der Waals surface area contributed by atoms with Crippen molar-refractivity contribution in [2.45, 2.75) is 13.0 Å². The zero-order valence-electron chi connectivity index (χ0n) is 17.2. The maximum atomic E-state index is 14.6. The highest BCUT2D eigenvalue weighted by Gasteiger charge is 2.16. The Hall–Kier alpha value is -4.00. The highest BCUT2D eigenvalue weighted by molar-refractivity contribution is 5.95. The lowest BCUT2D eigenvalue weighted by molar-refractivity contribution is -0.116. The molecule has 7 heteroatoms. The minimum atomic E-state index is -0.660.